The molecule has 0 heterocycles. The van der Waals surface area contributed by atoms with Crippen LogP contribution in [0.5, 0.6) is 5.75 Å². The van der Waals surface area contributed by atoms with E-state index in [1.54, 1.807) is 6.08 Å². The van der Waals surface area contributed by atoms with Crippen LogP contribution in [0.2, 0.25) is 5.02 Å². The molecule has 0 radical (unpaired) electrons. The van der Waals surface area contributed by atoms with E-state index in [4.69, 9.17) is 16.3 Å². The standard InChI is InChI=1S/C10H10ClNO3/c1-2-3-6-15-8-4-5-10(12(13)14)9(11)7-8/h2,4-5,7H,1,3,6H2. The number of halogens is 1. The summed E-state index contributed by atoms with van der Waals surface area (Å²) in [6.45, 7) is 4.04. The predicted octanol–water partition coefficient (Wildman–Crippen LogP) is 3.20. The van der Waals surface area contributed by atoms with Gasteiger partial charge in [0, 0.05) is 12.1 Å². The molecule has 0 saturated carbocycles. The molecule has 0 aromatic heterocycles. The van der Waals surface area contributed by atoms with Gasteiger partial charge in [-0.3, -0.25) is 10.1 Å². The highest BCUT2D eigenvalue weighted by atomic mass is 35.5. The molecule has 0 fully saturated rings. The zero-order valence-corrected chi connectivity index (χ0v) is 8.74. The number of nitro benzene ring substituents is 1. The first-order valence-electron chi connectivity index (χ1n) is 4.33. The molecule has 0 spiro atoms. The molecular weight excluding hydrogens is 218 g/mol. The summed E-state index contributed by atoms with van der Waals surface area (Å²) in [5.74, 6) is 0.521. The Morgan fingerprint density at radius 1 is 1.60 bits per heavy atom. The average Bonchev–Trinajstić information content (AvgIpc) is 2.17. The van der Waals surface area contributed by atoms with Crippen molar-refractivity contribution in [2.45, 2.75) is 6.42 Å². The van der Waals surface area contributed by atoms with Crippen molar-refractivity contribution < 1.29 is 9.66 Å². The molecule has 0 aliphatic heterocycles. The van der Waals surface area contributed by atoms with Crippen LogP contribution in [0, 0.1) is 10.1 Å². The van der Waals surface area contributed by atoms with Crippen molar-refractivity contribution in [3.05, 3.63) is 46.0 Å². The Balaban J connectivity index is 2.73. The Kier molecular flexibility index (Phi) is 4.12. The third-order valence-corrected chi connectivity index (χ3v) is 2.01. The van der Waals surface area contributed by atoms with Crippen LogP contribution in [0.4, 0.5) is 5.69 Å². The van der Waals surface area contributed by atoms with E-state index < -0.39 is 4.92 Å². The second-order valence-corrected chi connectivity index (χ2v) is 3.20. The Morgan fingerprint density at radius 2 is 2.33 bits per heavy atom. The highest BCUT2D eigenvalue weighted by Crippen LogP contribution is 2.28. The summed E-state index contributed by atoms with van der Waals surface area (Å²) in [6.07, 6.45) is 2.45. The second kappa shape index (κ2) is 5.36. The van der Waals surface area contributed by atoms with E-state index >= 15 is 0 Å². The van der Waals surface area contributed by atoms with Crippen molar-refractivity contribution in [3.8, 4) is 5.75 Å². The lowest BCUT2D eigenvalue weighted by Crippen LogP contribution is -1.96. The van der Waals surface area contributed by atoms with Crippen LogP contribution in [0.15, 0.2) is 30.9 Å². The minimum Gasteiger partial charge on any atom is -0.493 e. The van der Waals surface area contributed by atoms with Gasteiger partial charge in [-0.2, -0.15) is 0 Å². The van der Waals surface area contributed by atoms with Crippen molar-refractivity contribution in [3.63, 3.8) is 0 Å². The second-order valence-electron chi connectivity index (χ2n) is 2.80. The maximum atomic E-state index is 10.5. The Morgan fingerprint density at radius 3 is 2.87 bits per heavy atom. The summed E-state index contributed by atoms with van der Waals surface area (Å²) >= 11 is 5.70. The van der Waals surface area contributed by atoms with E-state index in [2.05, 4.69) is 6.58 Å². The molecule has 80 valence electrons. The molecule has 4 nitrogen and oxygen atoms in total. The average molecular weight is 228 g/mol. The third-order valence-electron chi connectivity index (χ3n) is 1.71. The summed E-state index contributed by atoms with van der Waals surface area (Å²) in [5, 5.41) is 10.5. The van der Waals surface area contributed by atoms with Gasteiger partial charge in [0.1, 0.15) is 10.8 Å². The van der Waals surface area contributed by atoms with Crippen LogP contribution in [0.25, 0.3) is 0 Å². The molecule has 0 bridgehead atoms. The normalized spacial score (nSPS) is 9.67. The van der Waals surface area contributed by atoms with Gasteiger partial charge in [0.2, 0.25) is 0 Å². The van der Waals surface area contributed by atoms with Crippen LogP contribution in [-0.2, 0) is 0 Å². The van der Waals surface area contributed by atoms with Crippen molar-refractivity contribution in [1.82, 2.24) is 0 Å². The molecule has 0 saturated heterocycles. The molecule has 15 heavy (non-hydrogen) atoms. The molecule has 1 aromatic rings. The fourth-order valence-corrected chi connectivity index (χ4v) is 1.23. The smallest absolute Gasteiger partial charge is 0.288 e. The molecule has 0 aliphatic carbocycles. The van der Waals surface area contributed by atoms with E-state index in [9.17, 15) is 10.1 Å². The number of benzene rings is 1. The monoisotopic (exact) mass is 227 g/mol. The molecule has 0 aliphatic rings. The van der Waals surface area contributed by atoms with Gasteiger partial charge in [0.15, 0.2) is 0 Å². The summed E-state index contributed by atoms with van der Waals surface area (Å²) < 4.78 is 5.28. The SMILES string of the molecule is C=CCCOc1ccc([N+](=O)[O-])c(Cl)c1. The molecule has 0 N–H and O–H groups in total. The lowest BCUT2D eigenvalue weighted by molar-refractivity contribution is -0.384. The highest BCUT2D eigenvalue weighted by Gasteiger charge is 2.12. The number of rotatable bonds is 5. The first-order valence-corrected chi connectivity index (χ1v) is 4.70. The fraction of sp³-hybridized carbons (Fsp3) is 0.200. The van der Waals surface area contributed by atoms with E-state index in [1.165, 1.54) is 18.2 Å². The summed E-state index contributed by atoms with van der Waals surface area (Å²) in [7, 11) is 0. The van der Waals surface area contributed by atoms with Crippen molar-refractivity contribution in [2.24, 2.45) is 0 Å². The lowest BCUT2D eigenvalue weighted by atomic mass is 10.3. The van der Waals surface area contributed by atoms with Crippen LogP contribution >= 0.6 is 11.6 Å². The van der Waals surface area contributed by atoms with Gasteiger partial charge >= 0.3 is 0 Å². The maximum Gasteiger partial charge on any atom is 0.288 e. The molecular formula is C10H10ClNO3. The first kappa shape index (κ1) is 11.5. The lowest BCUT2D eigenvalue weighted by Gasteiger charge is -2.04. The molecule has 1 rings (SSSR count). The number of nitro groups is 1. The largest absolute Gasteiger partial charge is 0.493 e. The minimum atomic E-state index is -0.532. The van der Waals surface area contributed by atoms with E-state index in [0.29, 0.717) is 18.8 Å². The molecule has 5 heteroatoms. The topological polar surface area (TPSA) is 52.4 Å². The number of ether oxygens (including phenoxy) is 1. The minimum absolute atomic E-state index is 0.0797. The van der Waals surface area contributed by atoms with Gasteiger partial charge in [0.25, 0.3) is 5.69 Å². The molecule has 0 unspecified atom stereocenters. The van der Waals surface area contributed by atoms with Crippen molar-refractivity contribution in [2.75, 3.05) is 6.61 Å². The third kappa shape index (κ3) is 3.25. The van der Waals surface area contributed by atoms with Gasteiger partial charge in [-0.05, 0) is 12.5 Å². The fourth-order valence-electron chi connectivity index (χ4n) is 0.986. The van der Waals surface area contributed by atoms with Gasteiger partial charge < -0.3 is 4.74 Å². The Bertz CT molecular complexity index is 379. The van der Waals surface area contributed by atoms with Gasteiger partial charge in [0.05, 0.1) is 11.5 Å². The van der Waals surface area contributed by atoms with E-state index in [1.807, 2.05) is 0 Å². The molecule has 0 atom stereocenters. The van der Waals surface area contributed by atoms with Crippen LogP contribution in [-0.4, -0.2) is 11.5 Å². The van der Waals surface area contributed by atoms with Crippen molar-refractivity contribution >= 4 is 17.3 Å². The van der Waals surface area contributed by atoms with Crippen molar-refractivity contribution in [1.29, 1.82) is 0 Å². The number of hydrogen-bond donors (Lipinski definition) is 0. The Labute approximate surface area is 92.3 Å². The quantitative estimate of drug-likeness (QED) is 0.336. The first-order chi connectivity index (χ1) is 7.15. The highest BCUT2D eigenvalue weighted by molar-refractivity contribution is 6.32. The van der Waals surface area contributed by atoms with Gasteiger partial charge in [-0.15, -0.1) is 6.58 Å². The zero-order chi connectivity index (χ0) is 11.3. The van der Waals surface area contributed by atoms with E-state index in [0.717, 1.165) is 0 Å². The van der Waals surface area contributed by atoms with Gasteiger partial charge in [-0.25, -0.2) is 0 Å². The summed E-state index contributed by atoms with van der Waals surface area (Å²) in [4.78, 5) is 9.93. The van der Waals surface area contributed by atoms with Crippen LogP contribution in [0.3, 0.4) is 0 Å². The van der Waals surface area contributed by atoms with E-state index in [-0.39, 0.29) is 10.7 Å². The van der Waals surface area contributed by atoms with Crippen LogP contribution in [0.1, 0.15) is 6.42 Å². The molecule has 0 amide bonds. The molecule has 1 aromatic carbocycles. The predicted molar refractivity (Wildman–Crippen MR) is 58.4 cm³/mol. The number of hydrogen-bond acceptors (Lipinski definition) is 3. The summed E-state index contributed by atoms with van der Waals surface area (Å²) in [6, 6.07) is 4.28. The zero-order valence-electron chi connectivity index (χ0n) is 7.98. The van der Waals surface area contributed by atoms with Crippen LogP contribution < -0.4 is 4.74 Å². The Hall–Kier alpha value is -1.55. The summed E-state index contributed by atoms with van der Waals surface area (Å²) in [5.41, 5.74) is -0.118. The maximum absolute atomic E-state index is 10.5. The number of nitrogens with zero attached hydrogens (tertiary/aromatic N) is 1. The van der Waals surface area contributed by atoms with Gasteiger partial charge in [-0.1, -0.05) is 17.7 Å².